The van der Waals surface area contributed by atoms with Gasteiger partial charge in [-0.15, -0.1) is 0 Å². The molecule has 0 spiro atoms. The van der Waals surface area contributed by atoms with Crippen LogP contribution in [-0.2, 0) is 6.42 Å². The Balaban J connectivity index is 1.57. The molecule has 1 atom stereocenters. The highest BCUT2D eigenvalue weighted by atomic mass is 16.5. The zero-order chi connectivity index (χ0) is 20.1. The number of hydrogen-bond donors (Lipinski definition) is 0. The van der Waals surface area contributed by atoms with Crippen LogP contribution in [0, 0.1) is 6.92 Å². The molecule has 0 amide bonds. The summed E-state index contributed by atoms with van der Waals surface area (Å²) < 4.78 is 5.53. The average molecular weight is 384 g/mol. The van der Waals surface area contributed by atoms with Crippen molar-refractivity contribution in [3.63, 3.8) is 0 Å². The second-order valence-corrected chi connectivity index (χ2v) is 7.85. The van der Waals surface area contributed by atoms with Crippen LogP contribution in [0.3, 0.4) is 0 Å². The van der Waals surface area contributed by atoms with Crippen LogP contribution in [0.5, 0.6) is 5.75 Å². The minimum atomic E-state index is 0.358. The van der Waals surface area contributed by atoms with Crippen molar-refractivity contribution in [3.8, 4) is 5.75 Å². The first kappa shape index (κ1) is 19.5. The summed E-state index contributed by atoms with van der Waals surface area (Å²) >= 11 is 0. The van der Waals surface area contributed by atoms with E-state index in [2.05, 4.69) is 96.8 Å². The van der Waals surface area contributed by atoms with Crippen LogP contribution < -0.4 is 4.74 Å². The number of rotatable bonds is 5. The minimum absolute atomic E-state index is 0.358. The van der Waals surface area contributed by atoms with Gasteiger partial charge in [-0.2, -0.15) is 0 Å². The Morgan fingerprint density at radius 2 is 1.79 bits per heavy atom. The van der Waals surface area contributed by atoms with E-state index in [1.54, 1.807) is 7.11 Å². The fourth-order valence-electron chi connectivity index (χ4n) is 4.13. The van der Waals surface area contributed by atoms with Crippen molar-refractivity contribution in [2.75, 3.05) is 26.7 Å². The summed E-state index contributed by atoms with van der Waals surface area (Å²) in [5.74, 6) is 1.30. The van der Waals surface area contributed by atoms with E-state index in [1.807, 2.05) is 0 Å². The molecule has 3 aromatic carbocycles. The largest absolute Gasteiger partial charge is 0.497 e. The van der Waals surface area contributed by atoms with Crippen molar-refractivity contribution in [2.45, 2.75) is 19.3 Å². The molecule has 0 radical (unpaired) electrons. The summed E-state index contributed by atoms with van der Waals surface area (Å²) in [5, 5.41) is 0. The third-order valence-corrected chi connectivity index (χ3v) is 5.82. The molecule has 148 valence electrons. The van der Waals surface area contributed by atoms with Crippen LogP contribution in [0.1, 0.15) is 33.7 Å². The predicted molar refractivity (Wildman–Crippen MR) is 122 cm³/mol. The van der Waals surface area contributed by atoms with Crippen LogP contribution in [0.4, 0.5) is 0 Å². The molecule has 3 aromatic rings. The van der Waals surface area contributed by atoms with Crippen LogP contribution in [0.25, 0.3) is 6.08 Å². The summed E-state index contributed by atoms with van der Waals surface area (Å²) in [5.41, 5.74) is 6.77. The summed E-state index contributed by atoms with van der Waals surface area (Å²) in [7, 11) is 1.75. The van der Waals surface area contributed by atoms with Gasteiger partial charge in [0.1, 0.15) is 5.75 Å². The lowest BCUT2D eigenvalue weighted by atomic mass is 9.88. The van der Waals surface area contributed by atoms with Crippen LogP contribution in [0.2, 0.25) is 0 Å². The maximum Gasteiger partial charge on any atom is 0.119 e. The quantitative estimate of drug-likeness (QED) is 0.560. The lowest BCUT2D eigenvalue weighted by Crippen LogP contribution is -2.29. The van der Waals surface area contributed by atoms with Gasteiger partial charge in [-0.25, -0.2) is 0 Å². The molecule has 29 heavy (non-hydrogen) atoms. The number of hydrogen-bond acceptors (Lipinski definition) is 2. The zero-order valence-corrected chi connectivity index (χ0v) is 17.3. The first-order valence-electron chi connectivity index (χ1n) is 10.4. The molecule has 4 rings (SSSR count). The molecular formula is C27H29NO. The molecular weight excluding hydrogens is 354 g/mol. The van der Waals surface area contributed by atoms with E-state index >= 15 is 0 Å². The Morgan fingerprint density at radius 3 is 2.55 bits per heavy atom. The second kappa shape index (κ2) is 9.11. The fraction of sp³-hybridized carbons (Fsp3) is 0.259. The third kappa shape index (κ3) is 4.78. The molecule has 0 N–H and O–H groups in total. The maximum atomic E-state index is 5.53. The molecule has 1 aliphatic rings. The van der Waals surface area contributed by atoms with E-state index in [0.29, 0.717) is 5.92 Å². The van der Waals surface area contributed by atoms with Gasteiger partial charge in [-0.05, 0) is 47.7 Å². The summed E-state index contributed by atoms with van der Waals surface area (Å²) in [4.78, 5) is 2.56. The van der Waals surface area contributed by atoms with Crippen LogP contribution in [0.15, 0.2) is 78.9 Å². The van der Waals surface area contributed by atoms with Crippen molar-refractivity contribution < 1.29 is 4.74 Å². The first-order valence-corrected chi connectivity index (χ1v) is 10.4. The van der Waals surface area contributed by atoms with E-state index < -0.39 is 0 Å². The van der Waals surface area contributed by atoms with Gasteiger partial charge >= 0.3 is 0 Å². The van der Waals surface area contributed by atoms with Crippen molar-refractivity contribution >= 4 is 6.08 Å². The van der Waals surface area contributed by atoms with Crippen LogP contribution >= 0.6 is 0 Å². The Kier molecular flexibility index (Phi) is 6.12. The van der Waals surface area contributed by atoms with Gasteiger partial charge in [0.25, 0.3) is 0 Å². The number of methoxy groups -OCH3 is 1. The summed E-state index contributed by atoms with van der Waals surface area (Å²) in [6.45, 7) is 5.17. The highest BCUT2D eigenvalue weighted by molar-refractivity contribution is 5.50. The molecule has 0 saturated carbocycles. The van der Waals surface area contributed by atoms with Crippen molar-refractivity contribution in [1.29, 1.82) is 0 Å². The van der Waals surface area contributed by atoms with Gasteiger partial charge in [0.2, 0.25) is 0 Å². The molecule has 1 unspecified atom stereocenters. The van der Waals surface area contributed by atoms with E-state index in [1.165, 1.54) is 27.8 Å². The molecule has 0 fully saturated rings. The predicted octanol–water partition coefficient (Wildman–Crippen LogP) is 5.71. The normalized spacial score (nSPS) is 17.1. The Labute approximate surface area is 174 Å². The zero-order valence-electron chi connectivity index (χ0n) is 17.3. The van der Waals surface area contributed by atoms with E-state index in [-0.39, 0.29) is 0 Å². The standard InChI is InChI=1S/C27H29NO/c1-21-10-12-22(13-11-21)7-6-17-28-18-16-24-14-15-25(29-2)19-26(24)27(20-28)23-8-4-3-5-9-23/h3-15,19,27H,16-18,20H2,1-2H3/b7-6+. The average Bonchev–Trinajstić information content (AvgIpc) is 2.95. The molecule has 1 aliphatic heterocycles. The van der Waals surface area contributed by atoms with Gasteiger partial charge in [-0.3, -0.25) is 4.90 Å². The lowest BCUT2D eigenvalue weighted by Gasteiger charge is -2.24. The van der Waals surface area contributed by atoms with Gasteiger partial charge in [-0.1, -0.05) is 78.4 Å². The SMILES string of the molecule is COc1ccc2c(c1)C(c1ccccc1)CN(C/C=C/c1ccc(C)cc1)CC2. The van der Waals surface area contributed by atoms with E-state index in [9.17, 15) is 0 Å². The highest BCUT2D eigenvalue weighted by Crippen LogP contribution is 2.33. The molecule has 1 heterocycles. The molecule has 0 aliphatic carbocycles. The van der Waals surface area contributed by atoms with Crippen LogP contribution in [-0.4, -0.2) is 31.6 Å². The smallest absolute Gasteiger partial charge is 0.119 e. The first-order chi connectivity index (χ1) is 14.2. The number of fused-ring (bicyclic) bond motifs is 1. The Morgan fingerprint density at radius 1 is 1.00 bits per heavy atom. The van der Waals surface area contributed by atoms with Gasteiger partial charge < -0.3 is 4.74 Å². The highest BCUT2D eigenvalue weighted by Gasteiger charge is 2.24. The van der Waals surface area contributed by atoms with Gasteiger partial charge in [0.15, 0.2) is 0 Å². The molecule has 2 nitrogen and oxygen atoms in total. The second-order valence-electron chi connectivity index (χ2n) is 7.85. The molecule has 0 bridgehead atoms. The van der Waals surface area contributed by atoms with E-state index in [4.69, 9.17) is 4.74 Å². The lowest BCUT2D eigenvalue weighted by molar-refractivity contribution is 0.306. The third-order valence-electron chi connectivity index (χ3n) is 5.82. The molecule has 2 heteroatoms. The van der Waals surface area contributed by atoms with Crippen molar-refractivity contribution in [1.82, 2.24) is 4.90 Å². The topological polar surface area (TPSA) is 12.5 Å². The van der Waals surface area contributed by atoms with Gasteiger partial charge in [0, 0.05) is 25.6 Å². The van der Waals surface area contributed by atoms with E-state index in [0.717, 1.165) is 31.8 Å². The van der Waals surface area contributed by atoms with Crippen molar-refractivity contribution in [3.05, 3.63) is 107 Å². The fourth-order valence-corrected chi connectivity index (χ4v) is 4.13. The number of aryl methyl sites for hydroxylation is 1. The molecule has 0 aromatic heterocycles. The Hall–Kier alpha value is -2.84. The van der Waals surface area contributed by atoms with Crippen molar-refractivity contribution in [2.24, 2.45) is 0 Å². The summed E-state index contributed by atoms with van der Waals surface area (Å²) in [6.07, 6.45) is 5.60. The number of benzene rings is 3. The molecule has 0 saturated heterocycles. The van der Waals surface area contributed by atoms with Gasteiger partial charge in [0.05, 0.1) is 7.11 Å². The minimum Gasteiger partial charge on any atom is -0.497 e. The summed E-state index contributed by atoms with van der Waals surface area (Å²) in [6, 6.07) is 26.1. The monoisotopic (exact) mass is 383 g/mol. The number of nitrogens with zero attached hydrogens (tertiary/aromatic N) is 1. The Bertz CT molecular complexity index is 960. The maximum absolute atomic E-state index is 5.53. The number of ether oxygens (including phenoxy) is 1.